The Balaban J connectivity index is 2.07. The summed E-state index contributed by atoms with van der Waals surface area (Å²) in [7, 11) is 0. The Morgan fingerprint density at radius 2 is 2.33 bits per heavy atom. The molecule has 0 amide bonds. The molecule has 0 fully saturated rings. The fourth-order valence-electron chi connectivity index (χ4n) is 1.99. The topological polar surface area (TPSA) is 44.1 Å². The molecule has 108 valence electrons. The molecule has 3 rings (SSSR count). The lowest BCUT2D eigenvalue weighted by Gasteiger charge is -2.00. The van der Waals surface area contributed by atoms with E-state index in [0.29, 0.717) is 11.7 Å². The van der Waals surface area contributed by atoms with Gasteiger partial charge < -0.3 is 4.74 Å². The van der Waals surface area contributed by atoms with Crippen molar-refractivity contribution >= 4 is 44.1 Å². The van der Waals surface area contributed by atoms with E-state index in [4.69, 9.17) is 4.74 Å². The number of ether oxygens (including phenoxy) is 1. The zero-order valence-electron chi connectivity index (χ0n) is 11.0. The predicted octanol–water partition coefficient (Wildman–Crippen LogP) is 4.17. The summed E-state index contributed by atoms with van der Waals surface area (Å²) in [5.74, 6) is -0.742. The summed E-state index contributed by atoms with van der Waals surface area (Å²) in [6, 6.07) is 4.53. The number of nitrogens with zero attached hydrogens (tertiary/aromatic N) is 2. The first-order valence-electron chi connectivity index (χ1n) is 6.19. The second-order valence-electron chi connectivity index (χ2n) is 4.24. The number of benzene rings is 1. The number of esters is 1. The van der Waals surface area contributed by atoms with E-state index >= 15 is 0 Å². The van der Waals surface area contributed by atoms with Crippen LogP contribution in [0, 0.1) is 5.82 Å². The Kier molecular flexibility index (Phi) is 3.77. The highest BCUT2D eigenvalue weighted by atomic mass is 79.9. The summed E-state index contributed by atoms with van der Waals surface area (Å²) < 4.78 is 20.8. The van der Waals surface area contributed by atoms with E-state index in [1.165, 1.54) is 23.5 Å². The van der Waals surface area contributed by atoms with Gasteiger partial charge >= 0.3 is 5.97 Å². The molecule has 0 aliphatic rings. The number of carbonyl (C=O) groups is 1. The van der Waals surface area contributed by atoms with E-state index in [9.17, 15) is 9.18 Å². The van der Waals surface area contributed by atoms with E-state index in [2.05, 4.69) is 20.9 Å². The van der Waals surface area contributed by atoms with Gasteiger partial charge in [-0.05, 0) is 41.1 Å². The van der Waals surface area contributed by atoms with Gasteiger partial charge in [0.25, 0.3) is 0 Å². The van der Waals surface area contributed by atoms with E-state index in [1.54, 1.807) is 24.6 Å². The second-order valence-corrected chi connectivity index (χ2v) is 5.94. The van der Waals surface area contributed by atoms with Crippen LogP contribution in [0.4, 0.5) is 4.39 Å². The molecule has 0 unspecified atom stereocenters. The second kappa shape index (κ2) is 5.57. The lowest BCUT2D eigenvalue weighted by Crippen LogP contribution is -2.05. The zero-order valence-corrected chi connectivity index (χ0v) is 13.4. The molecule has 0 spiro atoms. The van der Waals surface area contributed by atoms with Crippen LogP contribution in [0.2, 0.25) is 0 Å². The summed E-state index contributed by atoms with van der Waals surface area (Å²) in [6.07, 6.45) is 1.80. The number of halogens is 2. The monoisotopic (exact) mass is 368 g/mol. The molecular weight excluding hydrogens is 359 g/mol. The van der Waals surface area contributed by atoms with Crippen molar-refractivity contribution in [2.45, 2.75) is 6.92 Å². The van der Waals surface area contributed by atoms with Gasteiger partial charge in [0.1, 0.15) is 5.82 Å². The minimum absolute atomic E-state index is 0.275. The molecule has 0 saturated carbocycles. The Morgan fingerprint density at radius 1 is 1.52 bits per heavy atom. The molecule has 4 nitrogen and oxygen atoms in total. The highest BCUT2D eigenvalue weighted by molar-refractivity contribution is 9.10. The highest BCUT2D eigenvalue weighted by Gasteiger charge is 2.15. The number of hydrogen-bond donors (Lipinski definition) is 0. The van der Waals surface area contributed by atoms with Crippen molar-refractivity contribution in [2.75, 3.05) is 6.61 Å². The number of rotatable bonds is 3. The SMILES string of the molecule is CCOC(=O)c1csc(-n2cc(Br)c3cc(F)ccc32)n1. The van der Waals surface area contributed by atoms with Crippen LogP contribution in [0.25, 0.3) is 16.0 Å². The Hall–Kier alpha value is -1.73. The zero-order chi connectivity index (χ0) is 15.0. The van der Waals surface area contributed by atoms with Crippen LogP contribution in [0.1, 0.15) is 17.4 Å². The molecule has 2 heterocycles. The van der Waals surface area contributed by atoms with E-state index < -0.39 is 5.97 Å². The van der Waals surface area contributed by atoms with Crippen molar-refractivity contribution in [2.24, 2.45) is 0 Å². The van der Waals surface area contributed by atoms with Crippen LogP contribution in [0.15, 0.2) is 34.2 Å². The van der Waals surface area contributed by atoms with E-state index in [-0.39, 0.29) is 11.5 Å². The first-order valence-corrected chi connectivity index (χ1v) is 7.86. The summed E-state index contributed by atoms with van der Waals surface area (Å²) in [5, 5.41) is 3.03. The molecule has 2 aromatic heterocycles. The third-order valence-corrected chi connectivity index (χ3v) is 4.37. The fraction of sp³-hybridized carbons (Fsp3) is 0.143. The number of thiazole rings is 1. The number of aromatic nitrogens is 2. The Bertz CT molecular complexity index is 828. The van der Waals surface area contributed by atoms with Crippen molar-refractivity contribution in [3.8, 4) is 5.13 Å². The van der Waals surface area contributed by atoms with Crippen LogP contribution in [0.5, 0.6) is 0 Å². The van der Waals surface area contributed by atoms with Crippen LogP contribution in [-0.2, 0) is 4.74 Å². The third-order valence-electron chi connectivity index (χ3n) is 2.90. The molecule has 0 N–H and O–H groups in total. The van der Waals surface area contributed by atoms with Gasteiger partial charge in [0.15, 0.2) is 10.8 Å². The largest absolute Gasteiger partial charge is 0.461 e. The van der Waals surface area contributed by atoms with Gasteiger partial charge in [0, 0.05) is 21.4 Å². The van der Waals surface area contributed by atoms with Crippen molar-refractivity contribution < 1.29 is 13.9 Å². The number of hydrogen-bond acceptors (Lipinski definition) is 4. The molecule has 3 aromatic rings. The quantitative estimate of drug-likeness (QED) is 0.651. The molecule has 0 atom stereocenters. The molecule has 0 radical (unpaired) electrons. The fourth-order valence-corrected chi connectivity index (χ4v) is 3.30. The molecule has 0 saturated heterocycles. The van der Waals surface area contributed by atoms with E-state index in [1.807, 2.05) is 4.57 Å². The Morgan fingerprint density at radius 3 is 3.10 bits per heavy atom. The minimum Gasteiger partial charge on any atom is -0.461 e. The van der Waals surface area contributed by atoms with Crippen molar-refractivity contribution in [1.82, 2.24) is 9.55 Å². The van der Waals surface area contributed by atoms with Crippen molar-refractivity contribution in [3.63, 3.8) is 0 Å². The summed E-state index contributed by atoms with van der Waals surface area (Å²) in [6.45, 7) is 2.05. The maximum Gasteiger partial charge on any atom is 0.357 e. The van der Waals surface area contributed by atoms with Crippen LogP contribution in [0.3, 0.4) is 0 Å². The lowest BCUT2D eigenvalue weighted by atomic mass is 10.2. The summed E-state index contributed by atoms with van der Waals surface area (Å²) >= 11 is 4.73. The van der Waals surface area contributed by atoms with Gasteiger partial charge in [0.05, 0.1) is 12.1 Å². The van der Waals surface area contributed by atoms with Crippen LogP contribution < -0.4 is 0 Å². The summed E-state index contributed by atoms with van der Waals surface area (Å²) in [4.78, 5) is 15.9. The lowest BCUT2D eigenvalue weighted by molar-refractivity contribution is 0.0520. The molecule has 1 aromatic carbocycles. The molecule has 0 aliphatic carbocycles. The van der Waals surface area contributed by atoms with Crippen LogP contribution in [-0.4, -0.2) is 22.1 Å². The van der Waals surface area contributed by atoms with Gasteiger partial charge in [-0.25, -0.2) is 14.2 Å². The van der Waals surface area contributed by atoms with Crippen LogP contribution >= 0.6 is 27.3 Å². The number of fused-ring (bicyclic) bond motifs is 1. The van der Waals surface area contributed by atoms with Crippen molar-refractivity contribution in [3.05, 3.63) is 45.8 Å². The molecule has 7 heteroatoms. The van der Waals surface area contributed by atoms with Gasteiger partial charge in [-0.2, -0.15) is 0 Å². The third kappa shape index (κ3) is 2.58. The molecule has 21 heavy (non-hydrogen) atoms. The average Bonchev–Trinajstić information content (AvgIpc) is 3.05. The van der Waals surface area contributed by atoms with Gasteiger partial charge in [-0.1, -0.05) is 0 Å². The van der Waals surface area contributed by atoms with E-state index in [0.717, 1.165) is 15.4 Å². The van der Waals surface area contributed by atoms with Gasteiger partial charge in [-0.3, -0.25) is 4.57 Å². The Labute approximate surface area is 132 Å². The maximum atomic E-state index is 13.3. The minimum atomic E-state index is -0.443. The standard InChI is InChI=1S/C14H10BrFN2O2S/c1-2-20-13(19)11-7-21-14(17-11)18-6-10(15)9-5-8(16)3-4-12(9)18/h3-7H,2H2,1H3. The highest BCUT2D eigenvalue weighted by Crippen LogP contribution is 2.30. The van der Waals surface area contributed by atoms with Crippen molar-refractivity contribution in [1.29, 1.82) is 0 Å². The molecule has 0 bridgehead atoms. The average molecular weight is 369 g/mol. The first-order chi connectivity index (χ1) is 10.1. The summed E-state index contributed by atoms with van der Waals surface area (Å²) in [5.41, 5.74) is 1.09. The smallest absolute Gasteiger partial charge is 0.357 e. The first kappa shape index (κ1) is 14.2. The maximum absolute atomic E-state index is 13.3. The molecule has 0 aliphatic heterocycles. The number of carbonyl (C=O) groups excluding carboxylic acids is 1. The normalized spacial score (nSPS) is 11.0. The van der Waals surface area contributed by atoms with Gasteiger partial charge in [0.2, 0.25) is 0 Å². The predicted molar refractivity (Wildman–Crippen MR) is 82.6 cm³/mol. The van der Waals surface area contributed by atoms with Gasteiger partial charge in [-0.15, -0.1) is 11.3 Å². The molecular formula is C14H10BrFN2O2S.